The summed E-state index contributed by atoms with van der Waals surface area (Å²) in [6, 6.07) is 6.43. The molecule has 8 nitrogen and oxygen atoms in total. The SMILES string of the molecule is COCOc1cc(-c2ncc3c(N4CC5CCC(C4)N5C(=O)OC(C)(C)C)nc(Cl)c(C4CC4)c3c2F)c2c(C#C[Si](C(C)C)(C(C)C)C(C)C)c(F)ccc2c1. The van der Waals surface area contributed by atoms with Crippen LogP contribution in [0.1, 0.15) is 105 Å². The summed E-state index contributed by atoms with van der Waals surface area (Å²) in [6.07, 6.45) is 4.75. The second-order valence-electron chi connectivity index (χ2n) is 18.0. The molecule has 7 rings (SSSR count). The summed E-state index contributed by atoms with van der Waals surface area (Å²) in [6.45, 7) is 19.9. The van der Waals surface area contributed by atoms with Crippen molar-refractivity contribution in [3.8, 4) is 28.5 Å². The summed E-state index contributed by atoms with van der Waals surface area (Å²) in [5.74, 6) is 3.34. The lowest BCUT2D eigenvalue weighted by Gasteiger charge is -2.42. The van der Waals surface area contributed by atoms with E-state index in [2.05, 4.69) is 57.9 Å². The Morgan fingerprint density at radius 3 is 2.21 bits per heavy atom. The van der Waals surface area contributed by atoms with Crippen LogP contribution in [0.3, 0.4) is 0 Å². The van der Waals surface area contributed by atoms with Crippen LogP contribution in [0.5, 0.6) is 5.75 Å². The van der Waals surface area contributed by atoms with Crippen molar-refractivity contribution in [1.29, 1.82) is 0 Å². The third kappa shape index (κ3) is 7.58. The Hall–Kier alpha value is -3.98. The van der Waals surface area contributed by atoms with Gasteiger partial charge in [-0.05, 0) is 92.6 Å². The van der Waals surface area contributed by atoms with Crippen LogP contribution in [0.2, 0.25) is 21.8 Å². The molecule has 1 amide bonds. The molecule has 12 heteroatoms. The minimum Gasteiger partial charge on any atom is -0.468 e. The number of anilines is 1. The normalized spacial score (nSPS) is 18.6. The van der Waals surface area contributed by atoms with Crippen molar-refractivity contribution in [1.82, 2.24) is 14.9 Å². The second-order valence-corrected chi connectivity index (χ2v) is 23.9. The molecule has 1 saturated carbocycles. The van der Waals surface area contributed by atoms with Gasteiger partial charge in [0.1, 0.15) is 41.9 Å². The Bertz CT molecular complexity index is 2240. The molecule has 304 valence electrons. The summed E-state index contributed by atoms with van der Waals surface area (Å²) in [7, 11) is -0.747. The quantitative estimate of drug-likeness (QED) is 0.0720. The summed E-state index contributed by atoms with van der Waals surface area (Å²) in [5.41, 5.74) is 5.38. The molecule has 2 aromatic carbocycles. The molecular formula is C45H55ClF2N4O4Si. The number of pyridine rings is 2. The zero-order valence-corrected chi connectivity index (χ0v) is 36.6. The summed E-state index contributed by atoms with van der Waals surface area (Å²) < 4.78 is 51.0. The molecular weight excluding hydrogens is 762 g/mol. The van der Waals surface area contributed by atoms with Crippen LogP contribution in [0.25, 0.3) is 32.8 Å². The van der Waals surface area contributed by atoms with Gasteiger partial charge in [-0.3, -0.25) is 9.88 Å². The van der Waals surface area contributed by atoms with E-state index in [0.717, 1.165) is 25.7 Å². The molecule has 2 unspecified atom stereocenters. The van der Waals surface area contributed by atoms with Gasteiger partial charge >= 0.3 is 6.09 Å². The topological polar surface area (TPSA) is 77.0 Å². The van der Waals surface area contributed by atoms with Gasteiger partial charge in [-0.25, -0.2) is 18.6 Å². The number of hydrogen-bond donors (Lipinski definition) is 0. The molecule has 2 atom stereocenters. The molecule has 4 heterocycles. The molecule has 2 aromatic heterocycles. The number of ether oxygens (including phenoxy) is 3. The smallest absolute Gasteiger partial charge is 0.410 e. The van der Waals surface area contributed by atoms with Gasteiger partial charge in [0.05, 0.1) is 17.6 Å². The molecule has 0 spiro atoms. The van der Waals surface area contributed by atoms with E-state index >= 15 is 8.78 Å². The number of carbonyl (C=O) groups excluding carboxylic acids is 1. The predicted octanol–water partition coefficient (Wildman–Crippen LogP) is 11.4. The Morgan fingerprint density at radius 2 is 1.63 bits per heavy atom. The molecule has 0 radical (unpaired) electrons. The molecule has 3 aliphatic rings. The predicted molar refractivity (Wildman–Crippen MR) is 227 cm³/mol. The van der Waals surface area contributed by atoms with E-state index in [-0.39, 0.29) is 47.3 Å². The molecule has 4 aromatic rings. The average Bonchev–Trinajstić information content (AvgIpc) is 3.93. The number of rotatable bonds is 9. The summed E-state index contributed by atoms with van der Waals surface area (Å²) in [5, 5.41) is 2.29. The molecule has 2 saturated heterocycles. The maximum absolute atomic E-state index is 17.8. The van der Waals surface area contributed by atoms with Gasteiger partial charge in [0, 0.05) is 53.7 Å². The van der Waals surface area contributed by atoms with E-state index in [9.17, 15) is 4.79 Å². The highest BCUT2D eigenvalue weighted by atomic mass is 35.5. The molecule has 0 N–H and O–H groups in total. The number of nitrogens with zero attached hydrogens (tertiary/aromatic N) is 4. The molecule has 57 heavy (non-hydrogen) atoms. The standard InChI is InChI=1S/C45H55ClF2N4O4Si/c1-25(2)57(26(3)4,27(5)6)18-17-33-36(47)16-13-29-19-32(55-24-54-10)20-34(37(29)33)41-40(48)39-35(21-49-41)43(50-42(46)38(39)28-11-12-28)51-22-30-14-15-31(23-51)52(30)44(53)56-45(7,8)9/h13,16,19-21,25-28,30-31H,11-12,14-15,22-24H2,1-10H3. The highest BCUT2D eigenvalue weighted by molar-refractivity contribution is 6.90. The number of hydrogen-bond acceptors (Lipinski definition) is 7. The number of amides is 1. The van der Waals surface area contributed by atoms with E-state index in [4.69, 9.17) is 35.8 Å². The van der Waals surface area contributed by atoms with Gasteiger partial charge in [0.15, 0.2) is 12.6 Å². The number of carbonyl (C=O) groups is 1. The van der Waals surface area contributed by atoms with E-state index in [1.165, 1.54) is 13.2 Å². The molecule has 3 fully saturated rings. The largest absolute Gasteiger partial charge is 0.468 e. The zero-order valence-electron chi connectivity index (χ0n) is 34.9. The minimum atomic E-state index is -2.28. The lowest BCUT2D eigenvalue weighted by molar-refractivity contribution is 0.0123. The Balaban J connectivity index is 1.42. The van der Waals surface area contributed by atoms with Crippen LogP contribution >= 0.6 is 11.6 Å². The first kappa shape index (κ1) is 41.2. The number of benzene rings is 2. The van der Waals surface area contributed by atoms with Crippen molar-refractivity contribution < 1.29 is 27.8 Å². The number of methoxy groups -OCH3 is 1. The summed E-state index contributed by atoms with van der Waals surface area (Å²) >= 11 is 7.05. The van der Waals surface area contributed by atoms with Gasteiger partial charge in [-0.1, -0.05) is 65.1 Å². The second kappa shape index (κ2) is 15.6. The number of aromatic nitrogens is 2. The van der Waals surface area contributed by atoms with E-state index in [1.807, 2.05) is 25.7 Å². The monoisotopic (exact) mass is 816 g/mol. The number of piperazine rings is 1. The van der Waals surface area contributed by atoms with Gasteiger partial charge in [0.25, 0.3) is 0 Å². The van der Waals surface area contributed by atoms with Crippen LogP contribution in [0.15, 0.2) is 30.5 Å². The maximum Gasteiger partial charge on any atom is 0.410 e. The van der Waals surface area contributed by atoms with Crippen LogP contribution in [0, 0.1) is 23.1 Å². The fourth-order valence-electron chi connectivity index (χ4n) is 9.63. The number of halogens is 3. The van der Waals surface area contributed by atoms with Crippen molar-refractivity contribution >= 4 is 53.1 Å². The van der Waals surface area contributed by atoms with Gasteiger partial charge in [-0.2, -0.15) is 0 Å². The van der Waals surface area contributed by atoms with Gasteiger partial charge in [0.2, 0.25) is 0 Å². The van der Waals surface area contributed by atoms with Gasteiger partial charge < -0.3 is 19.1 Å². The van der Waals surface area contributed by atoms with Crippen LogP contribution < -0.4 is 9.64 Å². The van der Waals surface area contributed by atoms with Crippen molar-refractivity contribution in [3.05, 3.63) is 58.4 Å². The Kier molecular flexibility index (Phi) is 11.3. The van der Waals surface area contributed by atoms with Crippen molar-refractivity contribution in [2.45, 2.75) is 128 Å². The first-order valence-corrected chi connectivity index (χ1v) is 22.9. The first-order valence-electron chi connectivity index (χ1n) is 20.3. The third-order valence-electron chi connectivity index (χ3n) is 12.2. The Labute approximate surface area is 341 Å². The highest BCUT2D eigenvalue weighted by Gasteiger charge is 2.46. The average molecular weight is 817 g/mol. The van der Waals surface area contributed by atoms with E-state index in [1.54, 1.807) is 24.4 Å². The fraction of sp³-hybridized carbons (Fsp3) is 0.533. The van der Waals surface area contributed by atoms with E-state index < -0.39 is 25.3 Å². The van der Waals surface area contributed by atoms with Crippen LogP contribution in [-0.2, 0) is 9.47 Å². The van der Waals surface area contributed by atoms with Gasteiger partial charge in [-0.15, -0.1) is 5.54 Å². The summed E-state index contributed by atoms with van der Waals surface area (Å²) in [4.78, 5) is 27.0. The van der Waals surface area contributed by atoms with Crippen molar-refractivity contribution in [2.24, 2.45) is 0 Å². The lowest BCUT2D eigenvalue weighted by atomic mass is 9.94. The van der Waals surface area contributed by atoms with Crippen LogP contribution in [-0.4, -0.2) is 73.7 Å². The van der Waals surface area contributed by atoms with E-state index in [0.29, 0.717) is 74.0 Å². The Morgan fingerprint density at radius 1 is 0.982 bits per heavy atom. The third-order valence-corrected chi connectivity index (χ3v) is 18.8. The molecule has 1 aliphatic carbocycles. The fourth-order valence-corrected chi connectivity index (χ4v) is 15.2. The van der Waals surface area contributed by atoms with Crippen LogP contribution in [0.4, 0.5) is 19.4 Å². The van der Waals surface area contributed by atoms with Crippen molar-refractivity contribution in [3.63, 3.8) is 0 Å². The highest BCUT2D eigenvalue weighted by Crippen LogP contribution is 2.50. The van der Waals surface area contributed by atoms with Crippen molar-refractivity contribution in [2.75, 3.05) is 31.9 Å². The number of fused-ring (bicyclic) bond motifs is 4. The minimum absolute atomic E-state index is 0.0304. The zero-order chi connectivity index (χ0) is 41.1. The lowest BCUT2D eigenvalue weighted by Crippen LogP contribution is -2.57. The maximum atomic E-state index is 17.8. The molecule has 2 bridgehead atoms. The molecule has 2 aliphatic heterocycles. The first-order chi connectivity index (χ1) is 27.0.